The van der Waals surface area contributed by atoms with Gasteiger partial charge in [0, 0.05) is 27.1 Å². The van der Waals surface area contributed by atoms with Gasteiger partial charge in [-0.2, -0.15) is 0 Å². The maximum Gasteiger partial charge on any atom is 0.191 e. The molecule has 20 heavy (non-hydrogen) atoms. The molecule has 1 aliphatic carbocycles. The molecule has 2 N–H and O–H groups in total. The van der Waals surface area contributed by atoms with Gasteiger partial charge in [0.25, 0.3) is 0 Å². The highest BCUT2D eigenvalue weighted by molar-refractivity contribution is 14.0. The summed E-state index contributed by atoms with van der Waals surface area (Å²) in [5.74, 6) is 2.54. The monoisotopic (exact) mass is 393 g/mol. The summed E-state index contributed by atoms with van der Waals surface area (Å²) in [4.78, 5) is 4.25. The first-order valence-corrected chi connectivity index (χ1v) is 6.82. The molecule has 1 saturated carbocycles. The van der Waals surface area contributed by atoms with E-state index in [1.54, 1.807) is 20.4 Å². The summed E-state index contributed by atoms with van der Waals surface area (Å²) in [7, 11) is 3.53. The number of ether oxygens (including phenoxy) is 1. The molecule has 2 rings (SSSR count). The third-order valence-electron chi connectivity index (χ3n) is 3.33. The maximum absolute atomic E-state index is 5.30. The maximum atomic E-state index is 5.30. The second-order valence-electron chi connectivity index (χ2n) is 4.87. The zero-order valence-corrected chi connectivity index (χ0v) is 14.4. The highest BCUT2D eigenvalue weighted by Crippen LogP contribution is 2.32. The van der Waals surface area contributed by atoms with Crippen LogP contribution in [-0.4, -0.2) is 39.3 Å². The molecule has 1 aliphatic rings. The summed E-state index contributed by atoms with van der Waals surface area (Å²) in [5, 5.41) is 6.73. The van der Waals surface area contributed by atoms with Crippen LogP contribution < -0.4 is 10.6 Å². The molecule has 0 aromatic carbocycles. The molecule has 1 fully saturated rings. The number of nitrogens with zero attached hydrogens (tertiary/aromatic N) is 1. The van der Waals surface area contributed by atoms with Crippen molar-refractivity contribution >= 4 is 29.9 Å². The van der Waals surface area contributed by atoms with Crippen molar-refractivity contribution in [2.24, 2.45) is 10.9 Å². The van der Waals surface area contributed by atoms with E-state index in [1.807, 2.05) is 12.1 Å². The van der Waals surface area contributed by atoms with Crippen molar-refractivity contribution in [3.8, 4) is 0 Å². The minimum absolute atomic E-state index is 0. The van der Waals surface area contributed by atoms with E-state index in [0.717, 1.165) is 37.2 Å². The summed E-state index contributed by atoms with van der Waals surface area (Å²) in [6, 6.07) is 4.25. The smallest absolute Gasteiger partial charge is 0.191 e. The first-order chi connectivity index (χ1) is 9.33. The van der Waals surface area contributed by atoms with Gasteiger partial charge in [0.2, 0.25) is 0 Å². The van der Waals surface area contributed by atoms with Gasteiger partial charge in [0.15, 0.2) is 5.96 Å². The van der Waals surface area contributed by atoms with Crippen LogP contribution in [0.3, 0.4) is 0 Å². The number of guanidine groups is 1. The molecule has 1 unspecified atom stereocenters. The molecule has 0 bridgehead atoms. The number of halogens is 1. The minimum atomic E-state index is 0. The van der Waals surface area contributed by atoms with Gasteiger partial charge in [-0.3, -0.25) is 4.99 Å². The summed E-state index contributed by atoms with van der Waals surface area (Å²) in [5.41, 5.74) is 0. The van der Waals surface area contributed by atoms with Gasteiger partial charge in [-0.15, -0.1) is 24.0 Å². The van der Waals surface area contributed by atoms with Gasteiger partial charge in [-0.05, 0) is 30.9 Å². The Morgan fingerprint density at radius 3 is 2.90 bits per heavy atom. The predicted molar refractivity (Wildman–Crippen MR) is 90.7 cm³/mol. The molecule has 0 radical (unpaired) electrons. The summed E-state index contributed by atoms with van der Waals surface area (Å²) < 4.78 is 10.6. The molecule has 5 nitrogen and oxygen atoms in total. The van der Waals surface area contributed by atoms with Crippen LogP contribution in [0.25, 0.3) is 0 Å². The summed E-state index contributed by atoms with van der Waals surface area (Å²) in [6.07, 6.45) is 5.12. The van der Waals surface area contributed by atoms with Crippen molar-refractivity contribution in [1.82, 2.24) is 10.6 Å². The number of hydrogen-bond acceptors (Lipinski definition) is 3. The zero-order valence-electron chi connectivity index (χ0n) is 12.1. The first kappa shape index (κ1) is 17.3. The highest BCUT2D eigenvalue weighted by Gasteiger charge is 2.31. The average molecular weight is 393 g/mol. The van der Waals surface area contributed by atoms with Crippen LogP contribution in [0.5, 0.6) is 0 Å². The lowest BCUT2D eigenvalue weighted by Gasteiger charge is -2.20. The second kappa shape index (κ2) is 9.23. The molecule has 1 heterocycles. The first-order valence-electron chi connectivity index (χ1n) is 6.82. The van der Waals surface area contributed by atoms with Crippen LogP contribution in [0.2, 0.25) is 0 Å². The van der Waals surface area contributed by atoms with Gasteiger partial charge in [-0.1, -0.05) is 0 Å². The molecule has 114 valence electrons. The predicted octanol–water partition coefficient (Wildman–Crippen LogP) is 2.03. The van der Waals surface area contributed by atoms with Crippen molar-refractivity contribution in [2.75, 3.05) is 27.3 Å². The number of rotatable bonds is 7. The Labute approximate surface area is 137 Å². The normalized spacial score (nSPS) is 16.4. The fourth-order valence-electron chi connectivity index (χ4n) is 2.10. The second-order valence-corrected chi connectivity index (χ2v) is 4.87. The number of nitrogens with one attached hydrogen (secondary N) is 2. The van der Waals surface area contributed by atoms with E-state index in [1.165, 1.54) is 12.8 Å². The van der Waals surface area contributed by atoms with E-state index in [9.17, 15) is 0 Å². The fourth-order valence-corrected chi connectivity index (χ4v) is 2.10. The molecule has 1 aromatic heterocycles. The third-order valence-corrected chi connectivity index (χ3v) is 3.33. The highest BCUT2D eigenvalue weighted by atomic mass is 127. The van der Waals surface area contributed by atoms with Gasteiger partial charge in [0.05, 0.1) is 18.9 Å². The lowest BCUT2D eigenvalue weighted by molar-refractivity contribution is 0.165. The number of aliphatic imine (C=N–C) groups is 1. The largest absolute Gasteiger partial charge is 0.469 e. The van der Waals surface area contributed by atoms with Gasteiger partial charge in [-0.25, -0.2) is 0 Å². The van der Waals surface area contributed by atoms with Crippen molar-refractivity contribution in [2.45, 2.75) is 25.3 Å². The van der Waals surface area contributed by atoms with Crippen molar-refractivity contribution in [1.29, 1.82) is 0 Å². The third kappa shape index (κ3) is 5.70. The van der Waals surface area contributed by atoms with E-state index in [4.69, 9.17) is 9.15 Å². The van der Waals surface area contributed by atoms with Gasteiger partial charge < -0.3 is 19.8 Å². The van der Waals surface area contributed by atoms with E-state index < -0.39 is 0 Å². The molecule has 1 aromatic rings. The Hall–Kier alpha value is -0.760. The summed E-state index contributed by atoms with van der Waals surface area (Å²) >= 11 is 0. The van der Waals surface area contributed by atoms with Gasteiger partial charge >= 0.3 is 0 Å². The average Bonchev–Trinajstić information content (AvgIpc) is 3.14. The topological polar surface area (TPSA) is 58.8 Å². The number of furan rings is 1. The Morgan fingerprint density at radius 2 is 2.35 bits per heavy atom. The van der Waals surface area contributed by atoms with Crippen LogP contribution in [0.15, 0.2) is 27.8 Å². The van der Waals surface area contributed by atoms with E-state index in [2.05, 4.69) is 15.6 Å². The van der Waals surface area contributed by atoms with Crippen LogP contribution in [0, 0.1) is 5.92 Å². The van der Waals surface area contributed by atoms with Crippen LogP contribution >= 0.6 is 24.0 Å². The molecular formula is C14H24IN3O2. The van der Waals surface area contributed by atoms with Crippen molar-refractivity contribution in [3.05, 3.63) is 24.2 Å². The molecule has 0 aliphatic heterocycles. The lowest BCUT2D eigenvalue weighted by Crippen LogP contribution is -2.46. The van der Waals surface area contributed by atoms with Crippen LogP contribution in [0.4, 0.5) is 0 Å². The molecule has 1 atom stereocenters. The summed E-state index contributed by atoms with van der Waals surface area (Å²) in [6.45, 7) is 1.53. The zero-order chi connectivity index (χ0) is 13.5. The SMILES string of the molecule is CN=C(NCCc1ccco1)NC(COC)C1CC1.I. The Kier molecular flexibility index (Phi) is 7.98. The van der Waals surface area contributed by atoms with Crippen LogP contribution in [0.1, 0.15) is 18.6 Å². The molecule has 0 saturated heterocycles. The Bertz CT molecular complexity index is 391. The molecule has 0 spiro atoms. The fraction of sp³-hybridized carbons (Fsp3) is 0.643. The van der Waals surface area contributed by atoms with E-state index >= 15 is 0 Å². The number of methoxy groups -OCH3 is 1. The van der Waals surface area contributed by atoms with Crippen LogP contribution in [-0.2, 0) is 11.2 Å². The van der Waals surface area contributed by atoms with Crippen molar-refractivity contribution in [3.63, 3.8) is 0 Å². The number of hydrogen-bond donors (Lipinski definition) is 2. The van der Waals surface area contributed by atoms with E-state index in [-0.39, 0.29) is 24.0 Å². The molecular weight excluding hydrogens is 369 g/mol. The Balaban J connectivity index is 0.00000200. The minimum Gasteiger partial charge on any atom is -0.469 e. The lowest BCUT2D eigenvalue weighted by atomic mass is 10.2. The van der Waals surface area contributed by atoms with Gasteiger partial charge in [0.1, 0.15) is 5.76 Å². The standard InChI is InChI=1S/C14H23N3O2.HI/c1-15-14(16-8-7-12-4-3-9-19-12)17-13(10-18-2)11-5-6-11;/h3-4,9,11,13H,5-8,10H2,1-2H3,(H2,15,16,17);1H. The van der Waals surface area contributed by atoms with E-state index in [0.29, 0.717) is 6.04 Å². The molecule has 0 amide bonds. The quantitative estimate of drug-likeness (QED) is 0.423. The Morgan fingerprint density at radius 1 is 1.55 bits per heavy atom. The molecule has 6 heteroatoms. The van der Waals surface area contributed by atoms with Crippen molar-refractivity contribution < 1.29 is 9.15 Å².